The maximum Gasteiger partial charge on any atom is 0.313 e. The number of methoxy groups -OCH3 is 3. The van der Waals surface area contributed by atoms with Gasteiger partial charge >= 0.3 is 5.97 Å². The number of phenolic OH excluding ortho intramolecular Hbond substituents is 1. The van der Waals surface area contributed by atoms with Crippen LogP contribution in [0.3, 0.4) is 0 Å². The first-order valence-corrected chi connectivity index (χ1v) is 7.16. The molecule has 1 atom stereocenters. The van der Waals surface area contributed by atoms with Gasteiger partial charge in [-0.3, -0.25) is 4.79 Å². The number of carbonyl (C=O) groups excluding carboxylic acids is 1. The molecule has 0 bridgehead atoms. The molecule has 0 aromatic heterocycles. The standard InChI is InChI=1S/C18H20O5/c1-21-15-7-12(8-16(11-15)22-2)9-17(18(20)23-3)13-5-4-6-14(19)10-13/h4-8,10-11,17,19H,9H2,1-3H3. The van der Waals surface area contributed by atoms with E-state index in [1.165, 1.54) is 7.11 Å². The number of hydrogen-bond acceptors (Lipinski definition) is 5. The lowest BCUT2D eigenvalue weighted by atomic mass is 9.91. The number of aromatic hydroxyl groups is 1. The van der Waals surface area contributed by atoms with Gasteiger partial charge in [0.1, 0.15) is 17.2 Å². The van der Waals surface area contributed by atoms with Gasteiger partial charge in [-0.15, -0.1) is 0 Å². The van der Waals surface area contributed by atoms with Crippen LogP contribution in [0, 0.1) is 0 Å². The van der Waals surface area contributed by atoms with E-state index in [1.54, 1.807) is 44.6 Å². The van der Waals surface area contributed by atoms with Crippen LogP contribution in [0.4, 0.5) is 0 Å². The van der Waals surface area contributed by atoms with Crippen molar-refractivity contribution < 1.29 is 24.1 Å². The topological polar surface area (TPSA) is 65.0 Å². The van der Waals surface area contributed by atoms with E-state index in [-0.39, 0.29) is 11.7 Å². The van der Waals surface area contributed by atoms with Gasteiger partial charge in [0.2, 0.25) is 0 Å². The van der Waals surface area contributed by atoms with Crippen molar-refractivity contribution in [2.24, 2.45) is 0 Å². The second-order valence-corrected chi connectivity index (χ2v) is 5.10. The van der Waals surface area contributed by atoms with E-state index in [0.717, 1.165) is 5.56 Å². The number of carbonyl (C=O) groups is 1. The fourth-order valence-corrected chi connectivity index (χ4v) is 2.44. The highest BCUT2D eigenvalue weighted by Crippen LogP contribution is 2.29. The Morgan fingerprint density at radius 1 is 1.04 bits per heavy atom. The van der Waals surface area contributed by atoms with Crippen LogP contribution in [0.5, 0.6) is 17.2 Å². The highest BCUT2D eigenvalue weighted by Gasteiger charge is 2.23. The third kappa shape index (κ3) is 4.16. The lowest BCUT2D eigenvalue weighted by Crippen LogP contribution is -2.17. The highest BCUT2D eigenvalue weighted by atomic mass is 16.5. The minimum absolute atomic E-state index is 0.111. The van der Waals surface area contributed by atoms with Gasteiger partial charge in [-0.25, -0.2) is 0 Å². The van der Waals surface area contributed by atoms with E-state index in [1.807, 2.05) is 12.1 Å². The molecule has 0 heterocycles. The quantitative estimate of drug-likeness (QED) is 0.830. The summed E-state index contributed by atoms with van der Waals surface area (Å²) in [6.45, 7) is 0. The molecule has 122 valence electrons. The van der Waals surface area contributed by atoms with Crippen LogP contribution in [0.15, 0.2) is 42.5 Å². The molecule has 23 heavy (non-hydrogen) atoms. The summed E-state index contributed by atoms with van der Waals surface area (Å²) in [7, 11) is 4.50. The number of hydrogen-bond donors (Lipinski definition) is 1. The summed E-state index contributed by atoms with van der Waals surface area (Å²) in [4.78, 5) is 12.2. The van der Waals surface area contributed by atoms with Gasteiger partial charge in [0, 0.05) is 6.07 Å². The zero-order valence-electron chi connectivity index (χ0n) is 13.4. The second-order valence-electron chi connectivity index (χ2n) is 5.10. The van der Waals surface area contributed by atoms with Crippen molar-refractivity contribution in [1.29, 1.82) is 0 Å². The smallest absolute Gasteiger partial charge is 0.313 e. The second kappa shape index (κ2) is 7.54. The maximum absolute atomic E-state index is 12.2. The Labute approximate surface area is 135 Å². The van der Waals surface area contributed by atoms with Gasteiger partial charge in [0.15, 0.2) is 0 Å². The molecule has 0 amide bonds. The predicted molar refractivity (Wildman–Crippen MR) is 86.1 cm³/mol. The third-order valence-electron chi connectivity index (χ3n) is 3.61. The molecule has 0 aliphatic carbocycles. The average molecular weight is 316 g/mol. The van der Waals surface area contributed by atoms with E-state index >= 15 is 0 Å². The molecule has 2 aromatic rings. The van der Waals surface area contributed by atoms with Crippen molar-refractivity contribution in [3.8, 4) is 17.2 Å². The predicted octanol–water partition coefficient (Wildman–Crippen LogP) is 2.91. The first-order valence-electron chi connectivity index (χ1n) is 7.16. The summed E-state index contributed by atoms with van der Waals surface area (Å²) in [5.74, 6) is 0.527. The molecule has 0 saturated carbocycles. The molecule has 2 rings (SSSR count). The van der Waals surface area contributed by atoms with Gasteiger partial charge in [-0.1, -0.05) is 12.1 Å². The molecule has 0 aliphatic heterocycles. The largest absolute Gasteiger partial charge is 0.508 e. The zero-order chi connectivity index (χ0) is 16.8. The van der Waals surface area contributed by atoms with E-state index in [0.29, 0.717) is 23.5 Å². The molecule has 5 heteroatoms. The molecule has 2 aromatic carbocycles. The molecular weight excluding hydrogens is 296 g/mol. The maximum atomic E-state index is 12.2. The summed E-state index contributed by atoms with van der Waals surface area (Å²) in [5, 5.41) is 9.65. The fourth-order valence-electron chi connectivity index (χ4n) is 2.44. The monoisotopic (exact) mass is 316 g/mol. The van der Waals surface area contributed by atoms with Crippen LogP contribution in [-0.4, -0.2) is 32.4 Å². The van der Waals surface area contributed by atoms with Gasteiger partial charge in [-0.2, -0.15) is 0 Å². The molecule has 0 radical (unpaired) electrons. The van der Waals surface area contributed by atoms with Crippen molar-refractivity contribution in [2.45, 2.75) is 12.3 Å². The lowest BCUT2D eigenvalue weighted by molar-refractivity contribution is -0.142. The van der Waals surface area contributed by atoms with Gasteiger partial charge < -0.3 is 19.3 Å². The van der Waals surface area contributed by atoms with Crippen LogP contribution in [0.25, 0.3) is 0 Å². The Morgan fingerprint density at radius 2 is 1.70 bits per heavy atom. The summed E-state index contributed by atoms with van der Waals surface area (Å²) in [6.07, 6.45) is 0.406. The van der Waals surface area contributed by atoms with Crippen molar-refractivity contribution in [2.75, 3.05) is 21.3 Å². The first-order chi connectivity index (χ1) is 11.1. The van der Waals surface area contributed by atoms with E-state index in [4.69, 9.17) is 14.2 Å². The van der Waals surface area contributed by atoms with Gasteiger partial charge in [0.25, 0.3) is 0 Å². The lowest BCUT2D eigenvalue weighted by Gasteiger charge is -2.16. The number of benzene rings is 2. The molecule has 0 aliphatic rings. The summed E-state index contributed by atoms with van der Waals surface area (Å²) in [6, 6.07) is 12.1. The van der Waals surface area contributed by atoms with Gasteiger partial charge in [0.05, 0.1) is 27.2 Å². The van der Waals surface area contributed by atoms with Crippen molar-refractivity contribution in [3.05, 3.63) is 53.6 Å². The van der Waals surface area contributed by atoms with Crippen LogP contribution in [0.2, 0.25) is 0 Å². The Balaban J connectivity index is 2.37. The van der Waals surface area contributed by atoms with Crippen LogP contribution >= 0.6 is 0 Å². The Morgan fingerprint density at radius 3 is 2.22 bits per heavy atom. The van der Waals surface area contributed by atoms with Crippen molar-refractivity contribution >= 4 is 5.97 Å². The molecule has 0 saturated heterocycles. The van der Waals surface area contributed by atoms with Crippen LogP contribution in [-0.2, 0) is 16.0 Å². The Hall–Kier alpha value is -2.69. The fraction of sp³-hybridized carbons (Fsp3) is 0.278. The van der Waals surface area contributed by atoms with E-state index in [9.17, 15) is 9.90 Å². The normalized spacial score (nSPS) is 11.6. The zero-order valence-corrected chi connectivity index (χ0v) is 13.4. The Bertz CT molecular complexity index is 659. The summed E-state index contributed by atoms with van der Waals surface area (Å²) >= 11 is 0. The molecule has 1 N–H and O–H groups in total. The Kier molecular flexibility index (Phi) is 5.46. The molecule has 5 nitrogen and oxygen atoms in total. The SMILES string of the molecule is COC(=O)C(Cc1cc(OC)cc(OC)c1)c1cccc(O)c1. The summed E-state index contributed by atoms with van der Waals surface area (Å²) < 4.78 is 15.4. The average Bonchev–Trinajstić information content (AvgIpc) is 2.58. The molecular formula is C18H20O5. The van der Waals surface area contributed by atoms with Gasteiger partial charge in [-0.05, 0) is 41.8 Å². The first kappa shape index (κ1) is 16.7. The molecule has 1 unspecified atom stereocenters. The van der Waals surface area contributed by atoms with E-state index in [2.05, 4.69) is 0 Å². The number of esters is 1. The highest BCUT2D eigenvalue weighted by molar-refractivity contribution is 5.78. The number of rotatable bonds is 6. The molecule has 0 fully saturated rings. The van der Waals surface area contributed by atoms with Crippen LogP contribution in [0.1, 0.15) is 17.0 Å². The summed E-state index contributed by atoms with van der Waals surface area (Å²) in [5.41, 5.74) is 1.57. The third-order valence-corrected chi connectivity index (χ3v) is 3.61. The van der Waals surface area contributed by atoms with Crippen molar-refractivity contribution in [1.82, 2.24) is 0 Å². The van der Waals surface area contributed by atoms with Crippen molar-refractivity contribution in [3.63, 3.8) is 0 Å². The van der Waals surface area contributed by atoms with Crippen LogP contribution < -0.4 is 9.47 Å². The number of ether oxygens (including phenoxy) is 3. The van der Waals surface area contributed by atoms with E-state index < -0.39 is 5.92 Å². The minimum Gasteiger partial charge on any atom is -0.508 e. The number of phenols is 1. The minimum atomic E-state index is -0.524. The molecule has 0 spiro atoms.